The van der Waals surface area contributed by atoms with Crippen molar-refractivity contribution in [3.05, 3.63) is 12.7 Å². The fraction of sp³-hybridized carbons (Fsp3) is 0.636. The van der Waals surface area contributed by atoms with Crippen molar-refractivity contribution in [1.82, 2.24) is 0 Å². The smallest absolute Gasteiger partial charge is 0.164 e. The molecule has 3 nitrogen and oxygen atoms in total. The van der Waals surface area contributed by atoms with Crippen molar-refractivity contribution in [2.45, 2.75) is 44.9 Å². The summed E-state index contributed by atoms with van der Waals surface area (Å²) >= 11 is 0. The van der Waals surface area contributed by atoms with E-state index in [0.29, 0.717) is 0 Å². The summed E-state index contributed by atoms with van der Waals surface area (Å²) in [6, 6.07) is 0. The maximum absolute atomic E-state index is 9.66. The lowest BCUT2D eigenvalue weighted by molar-refractivity contribution is -0.149. The zero-order valence-corrected chi connectivity index (χ0v) is 8.78. The minimum Gasteiger partial charge on any atom is -0.377 e. The van der Waals surface area contributed by atoms with Gasteiger partial charge in [-0.1, -0.05) is 12.0 Å². The predicted octanol–water partition coefficient (Wildman–Crippen LogP) is 1.08. The molecule has 1 N–H and O–H groups in total. The first-order valence-corrected chi connectivity index (χ1v) is 4.58. The molecular weight excluding hydrogens is 180 g/mol. The van der Waals surface area contributed by atoms with E-state index in [1.807, 2.05) is 0 Å². The molecule has 1 heterocycles. The molecule has 0 radical (unpaired) electrons. The topological polar surface area (TPSA) is 38.7 Å². The summed E-state index contributed by atoms with van der Waals surface area (Å²) in [6.45, 7) is 8.91. The lowest BCUT2D eigenvalue weighted by atomic mass is 10.1. The average Bonchev–Trinajstić information content (AvgIpc) is 2.41. The third-order valence-corrected chi connectivity index (χ3v) is 2.00. The van der Waals surface area contributed by atoms with E-state index in [9.17, 15) is 5.11 Å². The van der Waals surface area contributed by atoms with Crippen LogP contribution in [0.4, 0.5) is 0 Å². The number of aliphatic hydroxyl groups is 1. The van der Waals surface area contributed by atoms with Crippen molar-refractivity contribution >= 4 is 0 Å². The van der Waals surface area contributed by atoms with E-state index in [0.717, 1.165) is 0 Å². The quantitative estimate of drug-likeness (QED) is 0.530. The Hall–Kier alpha value is -0.820. The van der Waals surface area contributed by atoms with Gasteiger partial charge in [-0.25, -0.2) is 0 Å². The molecular formula is C11H16O3. The van der Waals surface area contributed by atoms with Crippen LogP contribution in [0.15, 0.2) is 12.7 Å². The number of ether oxygens (including phenoxy) is 2. The predicted molar refractivity (Wildman–Crippen MR) is 53.5 cm³/mol. The fourth-order valence-electron chi connectivity index (χ4n) is 1.47. The van der Waals surface area contributed by atoms with Gasteiger partial charge in [0.2, 0.25) is 0 Å². The first-order chi connectivity index (χ1) is 6.50. The van der Waals surface area contributed by atoms with E-state index >= 15 is 0 Å². The van der Waals surface area contributed by atoms with Gasteiger partial charge in [0, 0.05) is 0 Å². The summed E-state index contributed by atoms with van der Waals surface area (Å²) in [7, 11) is 0. The van der Waals surface area contributed by atoms with Crippen LogP contribution >= 0.6 is 0 Å². The molecule has 3 atom stereocenters. The molecule has 14 heavy (non-hydrogen) atoms. The van der Waals surface area contributed by atoms with Gasteiger partial charge < -0.3 is 14.6 Å². The standard InChI is InChI=1S/C11H16O3/c1-5-7-8(12)10-9(6-2)13-11(3,4)14-10/h6,8-10,12H,2H2,1,3-4H3/t8-,9-,10+/m0/s1. The molecule has 0 aromatic rings. The number of rotatable bonds is 2. The fourth-order valence-corrected chi connectivity index (χ4v) is 1.47. The van der Waals surface area contributed by atoms with Gasteiger partial charge in [0.25, 0.3) is 0 Å². The van der Waals surface area contributed by atoms with Crippen molar-refractivity contribution in [2.24, 2.45) is 0 Å². The summed E-state index contributed by atoms with van der Waals surface area (Å²) in [5, 5.41) is 9.66. The minimum atomic E-state index is -0.829. The summed E-state index contributed by atoms with van der Waals surface area (Å²) in [6.07, 6.45) is 0.0422. The summed E-state index contributed by atoms with van der Waals surface area (Å²) < 4.78 is 11.0. The SMILES string of the molecule is C=C[C@@H]1OC(C)(C)O[C@@H]1[C@@H](O)C#CC. The second-order valence-electron chi connectivity index (χ2n) is 3.64. The first-order valence-electron chi connectivity index (χ1n) is 4.58. The first kappa shape index (κ1) is 11.3. The van der Waals surface area contributed by atoms with Crippen LogP contribution in [0, 0.1) is 11.8 Å². The van der Waals surface area contributed by atoms with Crippen molar-refractivity contribution in [1.29, 1.82) is 0 Å². The van der Waals surface area contributed by atoms with Crippen LogP contribution in [0.1, 0.15) is 20.8 Å². The maximum atomic E-state index is 9.66. The molecule has 1 fully saturated rings. The molecule has 1 aliphatic rings. The molecule has 3 heteroatoms. The largest absolute Gasteiger partial charge is 0.377 e. The molecule has 0 aromatic carbocycles. The van der Waals surface area contributed by atoms with Crippen molar-refractivity contribution < 1.29 is 14.6 Å². The minimum absolute atomic E-state index is 0.305. The van der Waals surface area contributed by atoms with E-state index in [1.165, 1.54) is 0 Å². The van der Waals surface area contributed by atoms with Crippen LogP contribution in [0.25, 0.3) is 0 Å². The Morgan fingerprint density at radius 1 is 1.50 bits per heavy atom. The van der Waals surface area contributed by atoms with Gasteiger partial charge in [0.15, 0.2) is 5.79 Å². The van der Waals surface area contributed by atoms with Gasteiger partial charge in [0.05, 0.1) is 0 Å². The molecule has 0 spiro atoms. The Kier molecular flexibility index (Phi) is 3.33. The molecule has 1 aliphatic heterocycles. The highest BCUT2D eigenvalue weighted by Gasteiger charge is 2.42. The Morgan fingerprint density at radius 2 is 2.14 bits per heavy atom. The lowest BCUT2D eigenvalue weighted by Crippen LogP contribution is -2.33. The van der Waals surface area contributed by atoms with E-state index in [2.05, 4.69) is 18.4 Å². The molecule has 0 saturated carbocycles. The molecule has 1 rings (SSSR count). The molecule has 1 saturated heterocycles. The summed E-state index contributed by atoms with van der Waals surface area (Å²) in [4.78, 5) is 0. The average molecular weight is 196 g/mol. The second kappa shape index (κ2) is 4.14. The second-order valence-corrected chi connectivity index (χ2v) is 3.64. The Labute approximate surface area is 84.7 Å². The maximum Gasteiger partial charge on any atom is 0.164 e. The van der Waals surface area contributed by atoms with Gasteiger partial charge in [0.1, 0.15) is 18.3 Å². The van der Waals surface area contributed by atoms with Gasteiger partial charge >= 0.3 is 0 Å². The Bertz CT molecular complexity index is 272. The van der Waals surface area contributed by atoms with E-state index in [-0.39, 0.29) is 6.10 Å². The van der Waals surface area contributed by atoms with E-state index in [4.69, 9.17) is 9.47 Å². The molecule has 0 amide bonds. The number of aliphatic hydroxyl groups excluding tert-OH is 1. The number of hydrogen-bond donors (Lipinski definition) is 1. The molecule has 78 valence electrons. The summed E-state index contributed by atoms with van der Waals surface area (Å²) in [5.74, 6) is 4.61. The van der Waals surface area contributed by atoms with Crippen LogP contribution in [0.3, 0.4) is 0 Å². The molecule has 0 bridgehead atoms. The van der Waals surface area contributed by atoms with Crippen LogP contribution in [-0.4, -0.2) is 29.2 Å². The van der Waals surface area contributed by atoms with Crippen LogP contribution in [-0.2, 0) is 9.47 Å². The molecule has 0 aromatic heterocycles. The van der Waals surface area contributed by atoms with Crippen molar-refractivity contribution in [2.75, 3.05) is 0 Å². The third-order valence-electron chi connectivity index (χ3n) is 2.00. The van der Waals surface area contributed by atoms with Gasteiger partial charge in [-0.2, -0.15) is 0 Å². The summed E-state index contributed by atoms with van der Waals surface area (Å²) in [5.41, 5.74) is 0. The molecule has 0 unspecified atom stereocenters. The monoisotopic (exact) mass is 196 g/mol. The zero-order chi connectivity index (χ0) is 10.8. The van der Waals surface area contributed by atoms with E-state index in [1.54, 1.807) is 26.8 Å². The zero-order valence-electron chi connectivity index (χ0n) is 8.78. The lowest BCUT2D eigenvalue weighted by Gasteiger charge is -2.17. The molecule has 0 aliphatic carbocycles. The van der Waals surface area contributed by atoms with E-state index < -0.39 is 18.0 Å². The highest BCUT2D eigenvalue weighted by atomic mass is 16.8. The highest BCUT2D eigenvalue weighted by molar-refractivity contribution is 5.10. The Morgan fingerprint density at radius 3 is 2.64 bits per heavy atom. The number of hydrogen-bond acceptors (Lipinski definition) is 3. The Balaban J connectivity index is 2.76. The third kappa shape index (κ3) is 2.36. The van der Waals surface area contributed by atoms with Gasteiger partial charge in [-0.05, 0) is 20.8 Å². The normalized spacial score (nSPS) is 31.7. The van der Waals surface area contributed by atoms with Crippen molar-refractivity contribution in [3.8, 4) is 11.8 Å². The van der Waals surface area contributed by atoms with Crippen LogP contribution < -0.4 is 0 Å². The van der Waals surface area contributed by atoms with Crippen LogP contribution in [0.5, 0.6) is 0 Å². The highest BCUT2D eigenvalue weighted by Crippen LogP contribution is 2.30. The van der Waals surface area contributed by atoms with Gasteiger partial charge in [-0.15, -0.1) is 12.5 Å². The van der Waals surface area contributed by atoms with Crippen molar-refractivity contribution in [3.63, 3.8) is 0 Å². The van der Waals surface area contributed by atoms with Gasteiger partial charge in [-0.3, -0.25) is 0 Å². The van der Waals surface area contributed by atoms with Crippen LogP contribution in [0.2, 0.25) is 0 Å².